The van der Waals surface area contributed by atoms with Gasteiger partial charge in [-0.15, -0.1) is 0 Å². The van der Waals surface area contributed by atoms with E-state index in [1.54, 1.807) is 13.0 Å². The molecule has 90 valence electrons. The van der Waals surface area contributed by atoms with E-state index < -0.39 is 0 Å². The third kappa shape index (κ3) is 8.41. The van der Waals surface area contributed by atoms with E-state index in [1.807, 2.05) is 6.92 Å². The Morgan fingerprint density at radius 1 is 1.44 bits per heavy atom. The maximum absolute atomic E-state index is 13.3. The quantitative estimate of drug-likeness (QED) is 0.545. The van der Waals surface area contributed by atoms with Gasteiger partial charge < -0.3 is 4.74 Å². The molecule has 0 aliphatic rings. The number of hydrogen-bond donors (Lipinski definition) is 0. The van der Waals surface area contributed by atoms with Crippen LogP contribution in [-0.2, 0) is 9.53 Å². The monoisotopic (exact) mass is 290 g/mol. The number of allylic oxidation sites excluding steroid dienone is 5. The molecular formula is C12H16BrFO2. The van der Waals surface area contributed by atoms with Gasteiger partial charge in [-0.3, -0.25) is 4.79 Å². The maximum Gasteiger partial charge on any atom is 0.306 e. The van der Waals surface area contributed by atoms with Gasteiger partial charge in [-0.05, 0) is 26.0 Å². The molecule has 0 amide bonds. The highest BCUT2D eigenvalue weighted by Gasteiger charge is 2.04. The highest BCUT2D eigenvalue weighted by molar-refractivity contribution is 9.11. The lowest BCUT2D eigenvalue weighted by atomic mass is 10.2. The molecule has 0 heterocycles. The SMILES string of the molecule is C=C(C)/C=C(Br)\C=C(/F)CCC(=O)OCC. The van der Waals surface area contributed by atoms with Crippen molar-refractivity contribution >= 4 is 21.9 Å². The summed E-state index contributed by atoms with van der Waals surface area (Å²) in [5.74, 6) is -0.747. The average Bonchev–Trinajstić information content (AvgIpc) is 2.13. The molecule has 0 unspecified atom stereocenters. The predicted molar refractivity (Wildman–Crippen MR) is 66.9 cm³/mol. The van der Waals surface area contributed by atoms with Gasteiger partial charge in [-0.2, -0.15) is 0 Å². The van der Waals surface area contributed by atoms with Gasteiger partial charge in [-0.1, -0.05) is 28.1 Å². The highest BCUT2D eigenvalue weighted by atomic mass is 79.9. The zero-order valence-electron chi connectivity index (χ0n) is 9.56. The van der Waals surface area contributed by atoms with Crippen molar-refractivity contribution in [2.75, 3.05) is 6.61 Å². The third-order valence-electron chi connectivity index (χ3n) is 1.55. The van der Waals surface area contributed by atoms with Crippen LogP contribution in [-0.4, -0.2) is 12.6 Å². The molecule has 0 rings (SSSR count). The van der Waals surface area contributed by atoms with Gasteiger partial charge >= 0.3 is 5.97 Å². The third-order valence-corrected chi connectivity index (χ3v) is 2.01. The number of hydrogen-bond acceptors (Lipinski definition) is 2. The first-order valence-corrected chi connectivity index (χ1v) is 5.79. The molecule has 0 radical (unpaired) electrons. The number of esters is 1. The second kappa shape index (κ2) is 8.28. The Bertz CT molecular complexity index is 319. The lowest BCUT2D eigenvalue weighted by Crippen LogP contribution is -2.03. The molecule has 0 aromatic carbocycles. The van der Waals surface area contributed by atoms with Crippen molar-refractivity contribution in [3.63, 3.8) is 0 Å². The van der Waals surface area contributed by atoms with Crippen molar-refractivity contribution < 1.29 is 13.9 Å². The van der Waals surface area contributed by atoms with Crippen molar-refractivity contribution in [1.82, 2.24) is 0 Å². The largest absolute Gasteiger partial charge is 0.466 e. The summed E-state index contributed by atoms with van der Waals surface area (Å²) in [4.78, 5) is 11.0. The fourth-order valence-electron chi connectivity index (χ4n) is 0.953. The maximum atomic E-state index is 13.3. The summed E-state index contributed by atoms with van der Waals surface area (Å²) in [5, 5.41) is 0. The summed E-state index contributed by atoms with van der Waals surface area (Å²) in [6.45, 7) is 7.52. The fourth-order valence-corrected chi connectivity index (χ4v) is 1.59. The zero-order valence-corrected chi connectivity index (χ0v) is 11.1. The molecule has 0 aliphatic carbocycles. The molecule has 0 bridgehead atoms. The van der Waals surface area contributed by atoms with Crippen LogP contribution in [0, 0.1) is 0 Å². The van der Waals surface area contributed by atoms with Gasteiger partial charge in [0.25, 0.3) is 0 Å². The molecule has 0 aromatic heterocycles. The minimum atomic E-state index is -0.383. The number of carbonyl (C=O) groups is 1. The summed E-state index contributed by atoms with van der Waals surface area (Å²) >= 11 is 3.18. The van der Waals surface area contributed by atoms with Crippen LogP contribution in [0.25, 0.3) is 0 Å². The summed E-state index contributed by atoms with van der Waals surface area (Å²) in [6.07, 6.45) is 3.14. The molecule has 0 fully saturated rings. The molecule has 4 heteroatoms. The van der Waals surface area contributed by atoms with E-state index in [9.17, 15) is 9.18 Å². The molecule has 0 saturated heterocycles. The zero-order chi connectivity index (χ0) is 12.6. The van der Waals surface area contributed by atoms with E-state index in [-0.39, 0.29) is 24.6 Å². The van der Waals surface area contributed by atoms with Gasteiger partial charge in [0.15, 0.2) is 0 Å². The van der Waals surface area contributed by atoms with Crippen LogP contribution in [0.3, 0.4) is 0 Å². The van der Waals surface area contributed by atoms with E-state index in [1.165, 1.54) is 6.08 Å². The standard InChI is InChI=1S/C12H16BrFO2/c1-4-16-12(15)6-5-11(14)8-10(13)7-9(2)3/h7-8H,2,4-6H2,1,3H3/b10-7+,11-8-. The van der Waals surface area contributed by atoms with Crippen LogP contribution in [0.4, 0.5) is 4.39 Å². The summed E-state index contributed by atoms with van der Waals surface area (Å²) in [7, 11) is 0. The second-order valence-corrected chi connectivity index (χ2v) is 4.19. The van der Waals surface area contributed by atoms with Crippen LogP contribution in [0.15, 0.2) is 34.6 Å². The smallest absolute Gasteiger partial charge is 0.306 e. The molecule has 0 N–H and O–H groups in total. The Labute approximate surface area is 104 Å². The Kier molecular flexibility index (Phi) is 7.81. The lowest BCUT2D eigenvalue weighted by Gasteiger charge is -2.00. The van der Waals surface area contributed by atoms with Crippen LogP contribution in [0.5, 0.6) is 0 Å². The molecular weight excluding hydrogens is 275 g/mol. The molecule has 0 spiro atoms. The van der Waals surface area contributed by atoms with Gasteiger partial charge in [0.2, 0.25) is 0 Å². The van der Waals surface area contributed by atoms with Crippen molar-refractivity contribution in [1.29, 1.82) is 0 Å². The molecule has 16 heavy (non-hydrogen) atoms. The van der Waals surface area contributed by atoms with Crippen molar-refractivity contribution in [2.24, 2.45) is 0 Å². The van der Waals surface area contributed by atoms with E-state index in [0.29, 0.717) is 11.1 Å². The lowest BCUT2D eigenvalue weighted by molar-refractivity contribution is -0.143. The van der Waals surface area contributed by atoms with Crippen LogP contribution in [0.1, 0.15) is 26.7 Å². The molecule has 0 saturated carbocycles. The first-order chi connectivity index (χ1) is 7.45. The van der Waals surface area contributed by atoms with Gasteiger partial charge in [-0.25, -0.2) is 4.39 Å². The van der Waals surface area contributed by atoms with Gasteiger partial charge in [0.1, 0.15) is 5.83 Å². The molecule has 2 nitrogen and oxygen atoms in total. The van der Waals surface area contributed by atoms with Crippen LogP contribution in [0.2, 0.25) is 0 Å². The molecule has 0 atom stereocenters. The van der Waals surface area contributed by atoms with Crippen LogP contribution >= 0.6 is 15.9 Å². The van der Waals surface area contributed by atoms with Crippen molar-refractivity contribution in [3.05, 3.63) is 34.6 Å². The Morgan fingerprint density at radius 3 is 2.56 bits per heavy atom. The first-order valence-electron chi connectivity index (χ1n) is 5.00. The van der Waals surface area contributed by atoms with Crippen molar-refractivity contribution in [3.8, 4) is 0 Å². The van der Waals surface area contributed by atoms with E-state index in [4.69, 9.17) is 0 Å². The predicted octanol–water partition coefficient (Wildman–Crippen LogP) is 4.04. The highest BCUT2D eigenvalue weighted by Crippen LogP contribution is 2.16. The van der Waals surface area contributed by atoms with E-state index in [2.05, 4.69) is 27.2 Å². The first kappa shape index (κ1) is 15.1. The van der Waals surface area contributed by atoms with E-state index >= 15 is 0 Å². The summed E-state index contributed by atoms with van der Waals surface area (Å²) in [6, 6.07) is 0. The second-order valence-electron chi connectivity index (χ2n) is 3.27. The topological polar surface area (TPSA) is 26.3 Å². The van der Waals surface area contributed by atoms with Gasteiger partial charge in [0.05, 0.1) is 13.0 Å². The van der Waals surface area contributed by atoms with Crippen LogP contribution < -0.4 is 0 Å². The molecule has 0 aliphatic heterocycles. The average molecular weight is 291 g/mol. The fraction of sp³-hybridized carbons (Fsp3) is 0.417. The summed E-state index contributed by atoms with van der Waals surface area (Å²) in [5.41, 5.74) is 0.821. The number of carbonyl (C=O) groups excluding carboxylic acids is 1. The number of rotatable bonds is 6. The van der Waals surface area contributed by atoms with Gasteiger partial charge in [0, 0.05) is 10.9 Å². The van der Waals surface area contributed by atoms with E-state index in [0.717, 1.165) is 5.57 Å². The number of halogens is 2. The Hall–Kier alpha value is -0.900. The Morgan fingerprint density at radius 2 is 2.06 bits per heavy atom. The minimum Gasteiger partial charge on any atom is -0.466 e. The normalized spacial score (nSPS) is 12.5. The summed E-state index contributed by atoms with van der Waals surface area (Å²) < 4.78 is 18.5. The van der Waals surface area contributed by atoms with Crippen molar-refractivity contribution in [2.45, 2.75) is 26.7 Å². The molecule has 0 aromatic rings. The minimum absolute atomic E-state index is 0.0535. The number of ether oxygens (including phenoxy) is 1. The Balaban J connectivity index is 4.15.